The number of rotatable bonds is 6. The van der Waals surface area contributed by atoms with Gasteiger partial charge in [-0.1, -0.05) is 25.5 Å². The average Bonchev–Trinajstić information content (AvgIpc) is 2.59. The Hall–Kier alpha value is -0.700. The Bertz CT molecular complexity index is 585. The van der Waals surface area contributed by atoms with Crippen LogP contribution in [0.25, 0.3) is 0 Å². The first-order valence-electron chi connectivity index (χ1n) is 8.78. The third-order valence-electron chi connectivity index (χ3n) is 4.28. The molecule has 0 heterocycles. The standard InChI is InChI=1S/C18H28FN3OS.HI/c1-3-20-18(21-13-14-7-5-8-15(19)11-14)22-16-9-6-10-17(12-16)24(23)4-2;/h5,7-8,11,16-17H,3-4,6,9-10,12-13H2,1-2H3,(H2,20,21,22);1H. The van der Waals surface area contributed by atoms with Gasteiger partial charge in [-0.2, -0.15) is 0 Å². The summed E-state index contributed by atoms with van der Waals surface area (Å²) in [5, 5.41) is 6.99. The smallest absolute Gasteiger partial charge is 0.191 e. The van der Waals surface area contributed by atoms with E-state index in [4.69, 9.17) is 0 Å². The van der Waals surface area contributed by atoms with Gasteiger partial charge >= 0.3 is 0 Å². The fraction of sp³-hybridized carbons (Fsp3) is 0.611. The van der Waals surface area contributed by atoms with E-state index in [0.717, 1.165) is 49.5 Å². The van der Waals surface area contributed by atoms with E-state index in [2.05, 4.69) is 15.6 Å². The number of aliphatic imine (C=N–C) groups is 1. The number of hydrogen-bond donors (Lipinski definition) is 2. The normalized spacial score (nSPS) is 22.0. The average molecular weight is 481 g/mol. The van der Waals surface area contributed by atoms with Gasteiger partial charge in [-0.05, 0) is 43.9 Å². The van der Waals surface area contributed by atoms with Crippen LogP contribution in [-0.2, 0) is 17.3 Å². The van der Waals surface area contributed by atoms with Gasteiger partial charge in [0.2, 0.25) is 0 Å². The molecule has 1 saturated carbocycles. The predicted octanol–water partition coefficient (Wildman–Crippen LogP) is 3.58. The van der Waals surface area contributed by atoms with Crippen LogP contribution in [0.3, 0.4) is 0 Å². The third kappa shape index (κ3) is 7.60. The Labute approximate surface area is 169 Å². The molecule has 0 saturated heterocycles. The number of halogens is 2. The highest BCUT2D eigenvalue weighted by Crippen LogP contribution is 2.23. The molecule has 2 N–H and O–H groups in total. The molecule has 0 radical (unpaired) electrons. The highest BCUT2D eigenvalue weighted by molar-refractivity contribution is 14.0. The maximum atomic E-state index is 13.3. The van der Waals surface area contributed by atoms with Crippen molar-refractivity contribution in [2.45, 2.75) is 57.4 Å². The topological polar surface area (TPSA) is 53.5 Å². The molecule has 1 aromatic carbocycles. The molecule has 1 fully saturated rings. The lowest BCUT2D eigenvalue weighted by Crippen LogP contribution is -2.46. The highest BCUT2D eigenvalue weighted by atomic mass is 127. The van der Waals surface area contributed by atoms with Crippen molar-refractivity contribution in [3.05, 3.63) is 35.6 Å². The molecule has 3 atom stereocenters. The van der Waals surface area contributed by atoms with Crippen molar-refractivity contribution in [1.29, 1.82) is 0 Å². The largest absolute Gasteiger partial charge is 0.357 e. The molecule has 1 aliphatic carbocycles. The van der Waals surface area contributed by atoms with Gasteiger partial charge in [0.25, 0.3) is 0 Å². The third-order valence-corrected chi connectivity index (χ3v) is 6.02. The van der Waals surface area contributed by atoms with E-state index in [1.807, 2.05) is 19.9 Å². The molecule has 25 heavy (non-hydrogen) atoms. The molecule has 1 aromatic rings. The summed E-state index contributed by atoms with van der Waals surface area (Å²) in [5.74, 6) is 1.23. The molecule has 0 amide bonds. The van der Waals surface area contributed by atoms with Crippen molar-refractivity contribution >= 4 is 40.7 Å². The molecule has 0 spiro atoms. The first kappa shape index (κ1) is 22.3. The van der Waals surface area contributed by atoms with Gasteiger partial charge in [0.05, 0.1) is 6.54 Å². The summed E-state index contributed by atoms with van der Waals surface area (Å²) in [6.45, 7) is 5.21. The van der Waals surface area contributed by atoms with Crippen molar-refractivity contribution in [3.8, 4) is 0 Å². The number of benzene rings is 1. The van der Waals surface area contributed by atoms with E-state index >= 15 is 0 Å². The highest BCUT2D eigenvalue weighted by Gasteiger charge is 2.25. The molecular formula is C18H29FIN3OS. The molecule has 4 nitrogen and oxygen atoms in total. The molecule has 0 bridgehead atoms. The van der Waals surface area contributed by atoms with Crippen molar-refractivity contribution in [2.24, 2.45) is 4.99 Å². The van der Waals surface area contributed by atoms with E-state index < -0.39 is 10.8 Å². The number of nitrogens with zero attached hydrogens (tertiary/aromatic N) is 1. The number of hydrogen-bond acceptors (Lipinski definition) is 2. The van der Waals surface area contributed by atoms with Gasteiger partial charge in [-0.25, -0.2) is 9.38 Å². The predicted molar refractivity (Wildman–Crippen MR) is 114 cm³/mol. The zero-order chi connectivity index (χ0) is 17.4. The molecule has 142 valence electrons. The van der Waals surface area contributed by atoms with E-state index in [0.29, 0.717) is 12.6 Å². The number of guanidine groups is 1. The van der Waals surface area contributed by atoms with Crippen LogP contribution < -0.4 is 10.6 Å². The second-order valence-corrected chi connectivity index (χ2v) is 8.13. The van der Waals surface area contributed by atoms with Gasteiger partial charge in [0.1, 0.15) is 5.82 Å². The van der Waals surface area contributed by atoms with Crippen LogP contribution in [0, 0.1) is 5.82 Å². The van der Waals surface area contributed by atoms with E-state index in [1.54, 1.807) is 6.07 Å². The van der Waals surface area contributed by atoms with E-state index in [9.17, 15) is 8.60 Å². The van der Waals surface area contributed by atoms with Gasteiger partial charge in [0, 0.05) is 34.4 Å². The van der Waals surface area contributed by atoms with Crippen LogP contribution in [0.4, 0.5) is 4.39 Å². The zero-order valence-corrected chi connectivity index (χ0v) is 18.1. The minimum absolute atomic E-state index is 0. The van der Waals surface area contributed by atoms with E-state index in [-0.39, 0.29) is 35.0 Å². The Morgan fingerprint density at radius 2 is 2.16 bits per heavy atom. The van der Waals surface area contributed by atoms with Crippen LogP contribution in [0.15, 0.2) is 29.3 Å². The van der Waals surface area contributed by atoms with E-state index in [1.165, 1.54) is 12.1 Å². The second kappa shape index (κ2) is 11.8. The SMILES string of the molecule is CCNC(=NCc1cccc(F)c1)NC1CCCC(S(=O)CC)C1.I. The van der Waals surface area contributed by atoms with Gasteiger partial charge in [-0.3, -0.25) is 4.21 Å². The lowest BCUT2D eigenvalue weighted by molar-refractivity contribution is 0.413. The Balaban J connectivity index is 0.00000312. The fourth-order valence-electron chi connectivity index (χ4n) is 3.07. The number of nitrogens with one attached hydrogen (secondary N) is 2. The summed E-state index contributed by atoms with van der Waals surface area (Å²) in [5.41, 5.74) is 0.848. The Kier molecular flexibility index (Phi) is 10.6. The van der Waals surface area contributed by atoms with Crippen molar-refractivity contribution in [3.63, 3.8) is 0 Å². The van der Waals surface area contributed by atoms with Crippen molar-refractivity contribution < 1.29 is 8.60 Å². The minimum Gasteiger partial charge on any atom is -0.357 e. The molecule has 0 aliphatic heterocycles. The molecule has 2 rings (SSSR count). The van der Waals surface area contributed by atoms with Crippen molar-refractivity contribution in [1.82, 2.24) is 10.6 Å². The molecule has 3 unspecified atom stereocenters. The first-order valence-corrected chi connectivity index (χ1v) is 10.2. The van der Waals surface area contributed by atoms with Gasteiger partial charge < -0.3 is 10.6 Å². The quantitative estimate of drug-likeness (QED) is 0.371. The maximum absolute atomic E-state index is 13.3. The molecule has 1 aliphatic rings. The van der Waals surface area contributed by atoms with Crippen LogP contribution in [0.2, 0.25) is 0 Å². The van der Waals surface area contributed by atoms with Crippen LogP contribution in [0.5, 0.6) is 0 Å². The fourth-order valence-corrected chi connectivity index (χ4v) is 4.42. The molecular weight excluding hydrogens is 452 g/mol. The summed E-state index contributed by atoms with van der Waals surface area (Å²) in [7, 11) is -0.731. The minimum atomic E-state index is -0.731. The van der Waals surface area contributed by atoms with Crippen LogP contribution in [-0.4, -0.2) is 33.8 Å². The Morgan fingerprint density at radius 1 is 1.36 bits per heavy atom. The summed E-state index contributed by atoms with van der Waals surface area (Å²) in [4.78, 5) is 4.56. The van der Waals surface area contributed by atoms with Gasteiger partial charge in [0.15, 0.2) is 5.96 Å². The summed E-state index contributed by atoms with van der Waals surface area (Å²) in [6, 6.07) is 6.81. The monoisotopic (exact) mass is 481 g/mol. The lowest BCUT2D eigenvalue weighted by Gasteiger charge is -2.30. The lowest BCUT2D eigenvalue weighted by atomic mass is 9.95. The maximum Gasteiger partial charge on any atom is 0.191 e. The van der Waals surface area contributed by atoms with Crippen molar-refractivity contribution in [2.75, 3.05) is 12.3 Å². The molecule has 7 heteroatoms. The second-order valence-electron chi connectivity index (χ2n) is 6.12. The Morgan fingerprint density at radius 3 is 2.84 bits per heavy atom. The zero-order valence-electron chi connectivity index (χ0n) is 15.0. The first-order chi connectivity index (χ1) is 11.6. The molecule has 0 aromatic heterocycles. The van der Waals surface area contributed by atoms with Crippen LogP contribution in [0.1, 0.15) is 45.1 Å². The summed E-state index contributed by atoms with van der Waals surface area (Å²) in [6.07, 6.45) is 4.14. The summed E-state index contributed by atoms with van der Waals surface area (Å²) < 4.78 is 25.3. The summed E-state index contributed by atoms with van der Waals surface area (Å²) >= 11 is 0. The van der Waals surface area contributed by atoms with Crippen LogP contribution >= 0.6 is 24.0 Å². The van der Waals surface area contributed by atoms with Gasteiger partial charge in [-0.15, -0.1) is 24.0 Å².